The van der Waals surface area contributed by atoms with Crippen molar-refractivity contribution in [2.45, 2.75) is 19.4 Å². The molecule has 2 aliphatic heterocycles. The number of imide groups is 1. The Balaban J connectivity index is 1.43. The molecule has 0 bridgehead atoms. The van der Waals surface area contributed by atoms with Crippen LogP contribution < -0.4 is 19.4 Å². The van der Waals surface area contributed by atoms with E-state index in [4.69, 9.17) is 4.74 Å². The number of nitrogens with zero attached hydrogens (tertiary/aromatic N) is 2. The molecule has 1 unspecified atom stereocenters. The van der Waals surface area contributed by atoms with E-state index in [2.05, 4.69) is 4.90 Å². The van der Waals surface area contributed by atoms with Crippen LogP contribution in [0.5, 0.6) is 5.75 Å². The highest BCUT2D eigenvalue weighted by atomic mass is 19.1. The molecule has 0 spiro atoms. The monoisotopic (exact) mass is 398 g/mol. The van der Waals surface area contributed by atoms with Gasteiger partial charge in [0.15, 0.2) is 6.04 Å². The van der Waals surface area contributed by atoms with Crippen LogP contribution in [0, 0.1) is 5.82 Å². The van der Waals surface area contributed by atoms with Gasteiger partial charge in [-0.05, 0) is 43.3 Å². The van der Waals surface area contributed by atoms with E-state index in [1.807, 2.05) is 13.0 Å². The van der Waals surface area contributed by atoms with Crippen LogP contribution in [-0.2, 0) is 9.59 Å². The van der Waals surface area contributed by atoms with Gasteiger partial charge in [0.25, 0.3) is 5.91 Å². The molecule has 2 fully saturated rings. The first kappa shape index (κ1) is 19.4. The smallest absolute Gasteiger partial charge is 0.292 e. The Labute approximate surface area is 169 Å². The zero-order chi connectivity index (χ0) is 20.4. The minimum Gasteiger partial charge on any atom is -0.494 e. The van der Waals surface area contributed by atoms with E-state index >= 15 is 0 Å². The summed E-state index contributed by atoms with van der Waals surface area (Å²) in [7, 11) is 0. The standard InChI is InChI=1S/C22H24FN3O3/c1-2-29-19-5-3-4-18(14-19)26-21(27)15-20(22(26)28)25-12-10-24(11-13-25)17-8-6-16(23)7-9-17/h3-9,14,20H,2,10-13,15H2,1H3/p+1. The summed E-state index contributed by atoms with van der Waals surface area (Å²) < 4.78 is 18.6. The van der Waals surface area contributed by atoms with Gasteiger partial charge in [0.2, 0.25) is 5.91 Å². The number of ether oxygens (including phenoxy) is 1. The van der Waals surface area contributed by atoms with Crippen LogP contribution in [-0.4, -0.2) is 50.6 Å². The number of hydrogen-bond donors (Lipinski definition) is 1. The van der Waals surface area contributed by atoms with E-state index in [9.17, 15) is 14.0 Å². The fraction of sp³-hybridized carbons (Fsp3) is 0.364. The third-order valence-corrected chi connectivity index (χ3v) is 5.62. The first-order valence-corrected chi connectivity index (χ1v) is 10.0. The predicted molar refractivity (Wildman–Crippen MR) is 108 cm³/mol. The third kappa shape index (κ3) is 3.96. The number of piperazine rings is 1. The maximum Gasteiger partial charge on any atom is 0.292 e. The van der Waals surface area contributed by atoms with Gasteiger partial charge in [-0.25, -0.2) is 9.29 Å². The zero-order valence-electron chi connectivity index (χ0n) is 16.4. The number of rotatable bonds is 5. The molecule has 0 saturated carbocycles. The number of halogens is 1. The maximum atomic E-state index is 13.1. The Morgan fingerprint density at radius 2 is 1.79 bits per heavy atom. The molecule has 7 heteroatoms. The summed E-state index contributed by atoms with van der Waals surface area (Å²) in [5.74, 6) is 0.0897. The van der Waals surface area contributed by atoms with Crippen LogP contribution in [0.2, 0.25) is 0 Å². The molecular weight excluding hydrogens is 373 g/mol. The molecule has 2 saturated heterocycles. The van der Waals surface area contributed by atoms with Gasteiger partial charge >= 0.3 is 0 Å². The number of hydrogen-bond acceptors (Lipinski definition) is 4. The normalized spacial score (nSPS) is 20.4. The highest BCUT2D eigenvalue weighted by Crippen LogP contribution is 2.26. The van der Waals surface area contributed by atoms with E-state index < -0.39 is 0 Å². The summed E-state index contributed by atoms with van der Waals surface area (Å²) in [6, 6.07) is 13.2. The fourth-order valence-corrected chi connectivity index (χ4v) is 4.15. The SMILES string of the molecule is CCOc1cccc(N2C(=O)CC([NH+]3CCN(c4ccc(F)cc4)CC3)C2=O)c1. The maximum absolute atomic E-state index is 13.1. The largest absolute Gasteiger partial charge is 0.494 e. The summed E-state index contributed by atoms with van der Waals surface area (Å²) in [6.07, 6.45) is 0.226. The third-order valence-electron chi connectivity index (χ3n) is 5.62. The number of anilines is 2. The number of carbonyl (C=O) groups is 2. The van der Waals surface area contributed by atoms with Crippen LogP contribution in [0.4, 0.5) is 15.8 Å². The summed E-state index contributed by atoms with van der Waals surface area (Å²) in [6.45, 7) is 5.46. The van der Waals surface area contributed by atoms with Crippen molar-refractivity contribution in [1.82, 2.24) is 0 Å². The summed E-state index contributed by atoms with van der Waals surface area (Å²) in [4.78, 5) is 30.3. The molecule has 2 aromatic carbocycles. The number of quaternary nitrogens is 1. The van der Waals surface area contributed by atoms with Crippen molar-refractivity contribution in [3.63, 3.8) is 0 Å². The summed E-state index contributed by atoms with van der Waals surface area (Å²) in [5, 5.41) is 0. The lowest BCUT2D eigenvalue weighted by Crippen LogP contribution is -3.19. The molecule has 1 atom stereocenters. The predicted octanol–water partition coefficient (Wildman–Crippen LogP) is 1.26. The molecule has 0 aliphatic carbocycles. The van der Waals surface area contributed by atoms with Crippen LogP contribution in [0.1, 0.15) is 13.3 Å². The van der Waals surface area contributed by atoms with Gasteiger partial charge < -0.3 is 14.5 Å². The van der Waals surface area contributed by atoms with Crippen molar-refractivity contribution >= 4 is 23.2 Å². The highest BCUT2D eigenvalue weighted by molar-refractivity contribution is 6.21. The molecule has 6 nitrogen and oxygen atoms in total. The van der Waals surface area contributed by atoms with Crippen molar-refractivity contribution in [1.29, 1.82) is 0 Å². The first-order chi connectivity index (χ1) is 14.1. The van der Waals surface area contributed by atoms with E-state index in [1.54, 1.807) is 30.3 Å². The van der Waals surface area contributed by atoms with Crippen molar-refractivity contribution in [2.24, 2.45) is 0 Å². The number of benzene rings is 2. The molecule has 4 rings (SSSR count). The van der Waals surface area contributed by atoms with Crippen molar-refractivity contribution in [3.8, 4) is 5.75 Å². The summed E-state index contributed by atoms with van der Waals surface area (Å²) >= 11 is 0. The van der Waals surface area contributed by atoms with Crippen molar-refractivity contribution < 1.29 is 23.6 Å². The van der Waals surface area contributed by atoms with Crippen LogP contribution >= 0.6 is 0 Å². The molecule has 2 aromatic rings. The number of carbonyl (C=O) groups excluding carboxylic acids is 2. The average molecular weight is 398 g/mol. The minimum absolute atomic E-state index is 0.145. The fourth-order valence-electron chi connectivity index (χ4n) is 4.15. The molecule has 29 heavy (non-hydrogen) atoms. The molecule has 2 amide bonds. The molecular formula is C22H25FN3O3+. The minimum atomic E-state index is -0.353. The van der Waals surface area contributed by atoms with Gasteiger partial charge in [-0.15, -0.1) is 0 Å². The van der Waals surface area contributed by atoms with Gasteiger partial charge in [0.1, 0.15) is 11.6 Å². The lowest BCUT2D eigenvalue weighted by Gasteiger charge is -2.35. The quantitative estimate of drug-likeness (QED) is 0.771. The average Bonchev–Trinajstić information content (AvgIpc) is 3.03. The Bertz CT molecular complexity index is 894. The van der Waals surface area contributed by atoms with Crippen LogP contribution in [0.3, 0.4) is 0 Å². The Morgan fingerprint density at radius 3 is 2.48 bits per heavy atom. The second-order valence-electron chi connectivity index (χ2n) is 7.38. The molecule has 1 N–H and O–H groups in total. The first-order valence-electron chi connectivity index (χ1n) is 10.0. The summed E-state index contributed by atoms with van der Waals surface area (Å²) in [5.41, 5.74) is 1.55. The van der Waals surface area contributed by atoms with Crippen LogP contribution in [0.25, 0.3) is 0 Å². The molecule has 152 valence electrons. The molecule has 2 aliphatic rings. The van der Waals surface area contributed by atoms with Crippen molar-refractivity contribution in [2.75, 3.05) is 42.6 Å². The second-order valence-corrected chi connectivity index (χ2v) is 7.38. The Hall–Kier alpha value is -2.93. The van der Waals surface area contributed by atoms with Crippen LogP contribution in [0.15, 0.2) is 48.5 Å². The van der Waals surface area contributed by atoms with Gasteiger partial charge in [0.05, 0.1) is 44.9 Å². The van der Waals surface area contributed by atoms with Gasteiger partial charge in [-0.1, -0.05) is 6.07 Å². The zero-order valence-corrected chi connectivity index (χ0v) is 16.4. The lowest BCUT2D eigenvalue weighted by atomic mass is 10.1. The highest BCUT2D eigenvalue weighted by Gasteiger charge is 2.46. The van der Waals surface area contributed by atoms with E-state index in [0.29, 0.717) is 18.0 Å². The van der Waals surface area contributed by atoms with E-state index in [-0.39, 0.29) is 30.1 Å². The molecule has 0 radical (unpaired) electrons. The topological polar surface area (TPSA) is 54.3 Å². The van der Waals surface area contributed by atoms with E-state index in [0.717, 1.165) is 36.8 Å². The van der Waals surface area contributed by atoms with E-state index in [1.165, 1.54) is 17.0 Å². The van der Waals surface area contributed by atoms with Crippen molar-refractivity contribution in [3.05, 3.63) is 54.3 Å². The molecule has 2 heterocycles. The number of amides is 2. The Morgan fingerprint density at radius 1 is 1.07 bits per heavy atom. The van der Waals surface area contributed by atoms with Gasteiger partial charge in [-0.2, -0.15) is 0 Å². The Kier molecular flexibility index (Phi) is 5.49. The lowest BCUT2D eigenvalue weighted by molar-refractivity contribution is -0.915. The molecule has 0 aromatic heterocycles. The number of nitrogens with one attached hydrogen (secondary N) is 1. The van der Waals surface area contributed by atoms with Gasteiger partial charge in [-0.3, -0.25) is 9.59 Å². The van der Waals surface area contributed by atoms with Gasteiger partial charge in [0, 0.05) is 11.8 Å². The second kappa shape index (κ2) is 8.21.